The summed E-state index contributed by atoms with van der Waals surface area (Å²) in [5, 5.41) is 2.53. The number of unbranched alkanes of at least 4 members (excludes halogenated alkanes) is 30. The molecule has 0 unspecified atom stereocenters. The number of hydrogen-bond acceptors (Lipinski definition) is 1. The first-order chi connectivity index (χ1) is 29.8. The van der Waals surface area contributed by atoms with Crippen molar-refractivity contribution in [3.8, 4) is 0 Å². The average Bonchev–Trinajstić information content (AvgIpc) is 3.47. The van der Waals surface area contributed by atoms with Crippen LogP contribution in [-0.2, 0) is 10.8 Å². The van der Waals surface area contributed by atoms with Crippen LogP contribution in [0.2, 0.25) is 0 Å². The van der Waals surface area contributed by atoms with Crippen LogP contribution in [0.4, 0.5) is 11.4 Å². The Morgan fingerprint density at radius 1 is 0.508 bits per heavy atom. The summed E-state index contributed by atoms with van der Waals surface area (Å²) in [6.07, 6.45) is 53.8. The van der Waals surface area contributed by atoms with E-state index in [2.05, 4.69) is 119 Å². The Bertz CT molecular complexity index is 1410. The second kappa shape index (κ2) is 33.2. The molecule has 1 aliphatic rings. The highest BCUT2D eigenvalue weighted by atomic mass is 15.2. The lowest BCUT2D eigenvalue weighted by atomic mass is 9.80. The first-order valence-electron chi connectivity index (χ1n) is 27.0. The molecular weight excluding hydrogens is 737 g/mol. The van der Waals surface area contributed by atoms with Gasteiger partial charge in [0.25, 0.3) is 0 Å². The van der Waals surface area contributed by atoms with E-state index in [4.69, 9.17) is 0 Å². The van der Waals surface area contributed by atoms with Crippen molar-refractivity contribution in [1.29, 1.82) is 0 Å². The fraction of sp³-hybridized carbons (Fsp3) is 0.729. The van der Waals surface area contributed by atoms with Crippen LogP contribution in [-0.4, -0.2) is 13.1 Å². The molecule has 0 saturated carbocycles. The molecule has 0 aliphatic carbocycles. The van der Waals surface area contributed by atoms with E-state index in [-0.39, 0.29) is 10.8 Å². The van der Waals surface area contributed by atoms with Gasteiger partial charge in [0, 0.05) is 28.9 Å². The SMILES string of the molecule is CCCCCCCCCCCCCCCCCC[NH2+]c1ccccc1C(C)(C)C/C=C/C=C1/N(CCCCCCCCCCCCCCCCCC)c2ccccc2C1(C)C. The summed E-state index contributed by atoms with van der Waals surface area (Å²) >= 11 is 0. The minimum absolute atomic E-state index is 0.0136. The van der Waals surface area contributed by atoms with E-state index in [0.717, 1.165) is 13.0 Å². The summed E-state index contributed by atoms with van der Waals surface area (Å²) in [7, 11) is 0. The van der Waals surface area contributed by atoms with Gasteiger partial charge in [-0.2, -0.15) is 0 Å². The lowest BCUT2D eigenvalue weighted by Gasteiger charge is -2.27. The van der Waals surface area contributed by atoms with Gasteiger partial charge < -0.3 is 10.2 Å². The van der Waals surface area contributed by atoms with Crippen molar-refractivity contribution in [3.63, 3.8) is 0 Å². The summed E-state index contributed by atoms with van der Waals surface area (Å²) in [5.41, 5.74) is 7.37. The van der Waals surface area contributed by atoms with E-state index in [1.807, 2.05) is 0 Å². The quantitative estimate of drug-likeness (QED) is 0.0525. The van der Waals surface area contributed by atoms with Crippen LogP contribution in [0.1, 0.15) is 265 Å². The van der Waals surface area contributed by atoms with Gasteiger partial charge in [0.2, 0.25) is 0 Å². The first kappa shape index (κ1) is 53.0. The zero-order valence-electron chi connectivity index (χ0n) is 41.6. The van der Waals surface area contributed by atoms with Crippen molar-refractivity contribution in [2.24, 2.45) is 0 Å². The monoisotopic (exact) mass is 838 g/mol. The standard InChI is InChI=1S/C59H100N2/c1-7-9-11-13-15-17-19-21-23-25-27-29-31-33-35-43-51-60-55-47-39-37-45-53(55)58(3,4)50-42-41-49-57-59(5,6)54-46-38-40-48-56(54)61(57)52-44-36-34-32-30-28-26-24-22-20-18-16-14-12-10-8-2/h37-42,45-49,60H,7-36,43-44,50-52H2,1-6H3/p+1/b42-41+,57-49+. The van der Waals surface area contributed by atoms with Gasteiger partial charge in [0.05, 0.1) is 6.54 Å². The molecule has 0 saturated heterocycles. The summed E-state index contributed by atoms with van der Waals surface area (Å²) in [6.45, 7) is 16.6. The van der Waals surface area contributed by atoms with Crippen molar-refractivity contribution < 1.29 is 5.32 Å². The minimum Gasteiger partial charge on any atom is -0.344 e. The van der Waals surface area contributed by atoms with Crippen LogP contribution in [0.3, 0.4) is 0 Å². The molecule has 1 aliphatic heterocycles. The molecule has 0 fully saturated rings. The third kappa shape index (κ3) is 21.7. The molecule has 2 aromatic carbocycles. The van der Waals surface area contributed by atoms with Crippen molar-refractivity contribution in [1.82, 2.24) is 0 Å². The molecule has 2 aromatic rings. The topological polar surface area (TPSA) is 19.9 Å². The highest BCUT2D eigenvalue weighted by Gasteiger charge is 2.39. The molecule has 0 radical (unpaired) electrons. The maximum atomic E-state index is 2.65. The molecule has 2 heteroatoms. The van der Waals surface area contributed by atoms with Crippen LogP contribution in [0, 0.1) is 0 Å². The van der Waals surface area contributed by atoms with Crippen molar-refractivity contribution in [2.75, 3.05) is 18.0 Å². The maximum Gasteiger partial charge on any atom is 0.133 e. The number of fused-ring (bicyclic) bond motifs is 1. The number of benzene rings is 2. The number of hydrogen-bond donors (Lipinski definition) is 1. The van der Waals surface area contributed by atoms with E-state index in [1.54, 1.807) is 0 Å². The van der Waals surface area contributed by atoms with E-state index < -0.39 is 0 Å². The molecule has 61 heavy (non-hydrogen) atoms. The van der Waals surface area contributed by atoms with Crippen molar-refractivity contribution in [2.45, 2.75) is 264 Å². The Hall–Kier alpha value is -2.32. The predicted octanol–water partition coefficient (Wildman–Crippen LogP) is 18.3. The summed E-state index contributed by atoms with van der Waals surface area (Å²) in [6, 6.07) is 18.4. The molecule has 2 nitrogen and oxygen atoms in total. The number of rotatable bonds is 39. The zero-order chi connectivity index (χ0) is 43.7. The largest absolute Gasteiger partial charge is 0.344 e. The summed E-state index contributed by atoms with van der Waals surface area (Å²) < 4.78 is 0. The number of nitrogens with two attached hydrogens (primary N) is 1. The van der Waals surface area contributed by atoms with Crippen LogP contribution in [0.15, 0.2) is 72.5 Å². The lowest BCUT2D eigenvalue weighted by Crippen LogP contribution is -2.78. The van der Waals surface area contributed by atoms with Gasteiger partial charge in [-0.3, -0.25) is 0 Å². The van der Waals surface area contributed by atoms with E-state index in [0.29, 0.717) is 0 Å². The molecular formula is C59H101N2+. The van der Waals surface area contributed by atoms with Crippen LogP contribution in [0.5, 0.6) is 0 Å². The first-order valence-corrected chi connectivity index (χ1v) is 27.0. The van der Waals surface area contributed by atoms with Crippen LogP contribution in [0.25, 0.3) is 0 Å². The van der Waals surface area contributed by atoms with Gasteiger partial charge >= 0.3 is 0 Å². The Balaban J connectivity index is 1.35. The number of nitrogens with zero attached hydrogens (tertiary/aromatic N) is 1. The molecule has 0 atom stereocenters. The van der Waals surface area contributed by atoms with Crippen molar-refractivity contribution >= 4 is 11.4 Å². The van der Waals surface area contributed by atoms with Gasteiger partial charge in [-0.05, 0) is 54.9 Å². The van der Waals surface area contributed by atoms with E-state index in [1.165, 1.54) is 240 Å². The maximum absolute atomic E-state index is 2.65. The molecule has 1 heterocycles. The zero-order valence-corrected chi connectivity index (χ0v) is 41.6. The predicted molar refractivity (Wildman–Crippen MR) is 274 cm³/mol. The molecule has 0 spiro atoms. The van der Waals surface area contributed by atoms with Crippen LogP contribution < -0.4 is 10.2 Å². The van der Waals surface area contributed by atoms with Gasteiger partial charge in [-0.25, -0.2) is 0 Å². The number of quaternary nitrogens is 1. The second-order valence-corrected chi connectivity index (χ2v) is 20.5. The van der Waals surface area contributed by atoms with E-state index >= 15 is 0 Å². The number of allylic oxidation sites excluding steroid dienone is 4. The second-order valence-electron chi connectivity index (χ2n) is 20.5. The Labute approximate surface area is 381 Å². The highest BCUT2D eigenvalue weighted by molar-refractivity contribution is 5.70. The molecule has 0 amide bonds. The highest BCUT2D eigenvalue weighted by Crippen LogP contribution is 2.47. The van der Waals surface area contributed by atoms with Gasteiger partial charge in [-0.15, -0.1) is 0 Å². The molecule has 346 valence electrons. The Morgan fingerprint density at radius 2 is 0.918 bits per heavy atom. The minimum atomic E-state index is 0.0136. The third-order valence-electron chi connectivity index (χ3n) is 14.2. The molecule has 0 bridgehead atoms. The van der Waals surface area contributed by atoms with Crippen LogP contribution >= 0.6 is 0 Å². The summed E-state index contributed by atoms with van der Waals surface area (Å²) in [5.74, 6) is 0. The van der Waals surface area contributed by atoms with Gasteiger partial charge in [-0.1, -0.05) is 276 Å². The Kier molecular flexibility index (Phi) is 28.9. The van der Waals surface area contributed by atoms with Gasteiger partial charge in [0.15, 0.2) is 0 Å². The Morgan fingerprint density at radius 3 is 1.41 bits per heavy atom. The molecule has 0 aromatic heterocycles. The smallest absolute Gasteiger partial charge is 0.133 e. The third-order valence-corrected chi connectivity index (χ3v) is 14.2. The van der Waals surface area contributed by atoms with Crippen molar-refractivity contribution in [3.05, 3.63) is 83.6 Å². The fourth-order valence-electron chi connectivity index (χ4n) is 10.1. The number of para-hydroxylation sites is 2. The van der Waals surface area contributed by atoms with Gasteiger partial charge in [0.1, 0.15) is 5.69 Å². The summed E-state index contributed by atoms with van der Waals surface area (Å²) in [4.78, 5) is 2.65. The van der Waals surface area contributed by atoms with E-state index in [9.17, 15) is 0 Å². The number of anilines is 1. The fourth-order valence-corrected chi connectivity index (χ4v) is 10.1. The average molecular weight is 838 g/mol. The normalized spacial score (nSPS) is 14.5. The molecule has 2 N–H and O–H groups in total. The molecule has 3 rings (SSSR count). The lowest BCUT2D eigenvalue weighted by molar-refractivity contribution is -0.572.